The van der Waals surface area contributed by atoms with Crippen LogP contribution in [0.25, 0.3) is 0 Å². The summed E-state index contributed by atoms with van der Waals surface area (Å²) in [7, 11) is -4.02. The van der Waals surface area contributed by atoms with Crippen LogP contribution in [0.2, 0.25) is 0 Å². The molecule has 3 aromatic rings. The molecule has 0 saturated carbocycles. The van der Waals surface area contributed by atoms with Gasteiger partial charge in [0.1, 0.15) is 0 Å². The van der Waals surface area contributed by atoms with E-state index >= 15 is 0 Å². The highest BCUT2D eigenvalue weighted by Crippen LogP contribution is 2.15. The van der Waals surface area contributed by atoms with Gasteiger partial charge in [0, 0.05) is 53.8 Å². The molecule has 0 fully saturated rings. The highest BCUT2D eigenvalue weighted by molar-refractivity contribution is 7.85. The van der Waals surface area contributed by atoms with Gasteiger partial charge in [0.15, 0.2) is 24.7 Å². The predicted octanol–water partition coefficient (Wildman–Crippen LogP) is 4.75. The van der Waals surface area contributed by atoms with E-state index in [2.05, 4.69) is 33.7 Å². The van der Waals surface area contributed by atoms with Crippen molar-refractivity contribution < 1.29 is 22.3 Å². The van der Waals surface area contributed by atoms with Gasteiger partial charge in [-0.05, 0) is 38.1 Å². The lowest BCUT2D eigenvalue weighted by molar-refractivity contribution is -0.688. The number of aromatic nitrogens is 1. The molecule has 0 aliphatic rings. The Morgan fingerprint density at radius 2 is 1.44 bits per heavy atom. The van der Waals surface area contributed by atoms with Crippen LogP contribution in [0.5, 0.6) is 0 Å². The molecule has 0 bridgehead atoms. The smallest absolute Gasteiger partial charge is 0.294 e. The third kappa shape index (κ3) is 9.06. The van der Waals surface area contributed by atoms with Gasteiger partial charge in [-0.1, -0.05) is 29.8 Å². The van der Waals surface area contributed by atoms with Gasteiger partial charge in [-0.25, -0.2) is 4.57 Å². The van der Waals surface area contributed by atoms with Crippen LogP contribution in [0.15, 0.2) is 78.0 Å². The molecule has 0 spiro atoms. The minimum absolute atomic E-state index is 0.0666. The number of ketones is 1. The fraction of sp³-hybridized carbons (Fsp3) is 0.280. The molecule has 1 aromatic heterocycles. The number of anilines is 1. The van der Waals surface area contributed by atoms with Crippen LogP contribution in [0.4, 0.5) is 5.69 Å². The van der Waals surface area contributed by atoms with Gasteiger partial charge in [-0.3, -0.25) is 9.35 Å². The van der Waals surface area contributed by atoms with Crippen molar-refractivity contribution in [2.45, 2.75) is 25.3 Å². The highest BCUT2D eigenvalue weighted by Gasteiger charge is 2.09. The second kappa shape index (κ2) is 13.4. The summed E-state index contributed by atoms with van der Waals surface area (Å²) >= 11 is 11.7. The lowest BCUT2D eigenvalue weighted by Gasteiger charge is -2.22. The molecule has 0 radical (unpaired) electrons. The molecule has 3 rings (SSSR count). The monoisotopic (exact) mass is 523 g/mol. The Hall–Kier alpha value is -2.45. The molecule has 182 valence electrons. The Morgan fingerprint density at radius 1 is 0.912 bits per heavy atom. The van der Waals surface area contributed by atoms with Crippen LogP contribution in [0.3, 0.4) is 0 Å². The summed E-state index contributed by atoms with van der Waals surface area (Å²) in [6.45, 7) is 5.76. The first-order valence-corrected chi connectivity index (χ1v) is 13.1. The van der Waals surface area contributed by atoms with E-state index in [-0.39, 0.29) is 10.7 Å². The first kappa shape index (κ1) is 27.8. The van der Waals surface area contributed by atoms with E-state index in [1.807, 2.05) is 31.5 Å². The Labute approximate surface area is 211 Å². The normalized spacial score (nSPS) is 10.9. The molecular formula is C25H29Cl2N2O4S+. The van der Waals surface area contributed by atoms with E-state index in [0.29, 0.717) is 11.8 Å². The lowest BCUT2D eigenvalue weighted by atomic mass is 10.1. The third-order valence-corrected chi connectivity index (χ3v) is 6.20. The molecule has 0 saturated heterocycles. The zero-order valence-electron chi connectivity index (χ0n) is 19.2. The van der Waals surface area contributed by atoms with Gasteiger partial charge in [0.25, 0.3) is 10.1 Å². The Balaban J connectivity index is 0.000000310. The summed E-state index contributed by atoms with van der Waals surface area (Å²) in [4.78, 5) is 13.4. The first-order chi connectivity index (χ1) is 16.1. The highest BCUT2D eigenvalue weighted by atomic mass is 35.5. The van der Waals surface area contributed by atoms with E-state index in [1.54, 1.807) is 19.1 Å². The summed E-state index contributed by atoms with van der Waals surface area (Å²) in [6.07, 6.45) is 3.86. The second-order valence-electron chi connectivity index (χ2n) is 7.63. The molecule has 0 aliphatic carbocycles. The van der Waals surface area contributed by atoms with Gasteiger partial charge < -0.3 is 4.90 Å². The van der Waals surface area contributed by atoms with Crippen molar-refractivity contribution in [2.75, 3.05) is 29.7 Å². The van der Waals surface area contributed by atoms with Gasteiger partial charge in [0.2, 0.25) is 0 Å². The Bertz CT molecular complexity index is 1150. The maximum Gasteiger partial charge on any atom is 0.294 e. The molecule has 0 unspecified atom stereocenters. The molecular weight excluding hydrogens is 495 g/mol. The fourth-order valence-corrected chi connectivity index (χ4v) is 3.99. The number of carbonyl (C=O) groups excluding carboxylic acids is 1. The minimum Gasteiger partial charge on any atom is -0.369 e. The maximum atomic E-state index is 11.3. The molecule has 0 amide bonds. The number of hydrogen-bond acceptors (Lipinski definition) is 4. The third-order valence-electron chi connectivity index (χ3n) is 4.99. The van der Waals surface area contributed by atoms with Crippen molar-refractivity contribution in [2.24, 2.45) is 0 Å². The SMILES string of the molecule is CC(=O)c1cc[n+](Cc2ccc(N(CCCl)CCCl)cc2)cc1.Cc1ccc(S(=O)(=O)O)cc1. The average molecular weight is 524 g/mol. The van der Waals surface area contributed by atoms with Crippen LogP contribution in [0, 0.1) is 6.92 Å². The molecule has 1 heterocycles. The quantitative estimate of drug-likeness (QED) is 0.189. The van der Waals surface area contributed by atoms with Crippen molar-refractivity contribution in [3.63, 3.8) is 0 Å². The summed E-state index contributed by atoms with van der Waals surface area (Å²) < 4.78 is 31.6. The topological polar surface area (TPSA) is 78.6 Å². The number of rotatable bonds is 9. The van der Waals surface area contributed by atoms with Crippen molar-refractivity contribution in [3.8, 4) is 0 Å². The average Bonchev–Trinajstić information content (AvgIpc) is 2.80. The number of halogens is 2. The number of Topliss-reactive ketones (excluding diaryl/α,β-unsaturated/α-hetero) is 1. The van der Waals surface area contributed by atoms with Crippen LogP contribution < -0.4 is 9.47 Å². The van der Waals surface area contributed by atoms with Crippen molar-refractivity contribution in [3.05, 3.63) is 89.7 Å². The zero-order chi connectivity index (χ0) is 25.1. The molecule has 2 aromatic carbocycles. The van der Waals surface area contributed by atoms with E-state index in [9.17, 15) is 13.2 Å². The zero-order valence-corrected chi connectivity index (χ0v) is 21.5. The van der Waals surface area contributed by atoms with E-state index in [1.165, 1.54) is 17.7 Å². The Kier molecular flexibility index (Phi) is 11.0. The van der Waals surface area contributed by atoms with Crippen LogP contribution in [0.1, 0.15) is 28.4 Å². The molecule has 0 atom stereocenters. The summed E-state index contributed by atoms with van der Waals surface area (Å²) in [5.74, 6) is 1.24. The number of aryl methyl sites for hydroxylation is 1. The summed E-state index contributed by atoms with van der Waals surface area (Å²) in [6, 6.07) is 18.1. The Morgan fingerprint density at radius 3 is 1.88 bits per heavy atom. The van der Waals surface area contributed by atoms with Crippen LogP contribution in [-0.4, -0.2) is 43.6 Å². The molecule has 6 nitrogen and oxygen atoms in total. The molecule has 34 heavy (non-hydrogen) atoms. The standard InChI is InChI=1S/C18H21Cl2N2O.C7H8O3S/c1-15(23)17-6-10-21(11-7-17)14-16-2-4-18(5-3-16)22(12-8-19)13-9-20;1-6-2-4-7(5-3-6)11(8,9)10/h2-7,10-11H,8-9,12-14H2,1H3;2-5H,1H3,(H,8,9,10)/q+1;. The van der Waals surface area contributed by atoms with Gasteiger partial charge in [0.05, 0.1) is 4.90 Å². The summed E-state index contributed by atoms with van der Waals surface area (Å²) in [5, 5.41) is 0. The van der Waals surface area contributed by atoms with E-state index < -0.39 is 10.1 Å². The van der Waals surface area contributed by atoms with Crippen molar-refractivity contribution in [1.29, 1.82) is 0 Å². The minimum atomic E-state index is -4.02. The first-order valence-electron chi connectivity index (χ1n) is 10.6. The fourth-order valence-electron chi connectivity index (χ4n) is 3.10. The van der Waals surface area contributed by atoms with Crippen molar-refractivity contribution >= 4 is 44.8 Å². The predicted molar refractivity (Wildman–Crippen MR) is 137 cm³/mol. The maximum absolute atomic E-state index is 11.3. The van der Waals surface area contributed by atoms with Crippen LogP contribution in [-0.2, 0) is 16.7 Å². The van der Waals surface area contributed by atoms with Crippen LogP contribution >= 0.6 is 23.2 Å². The van der Waals surface area contributed by atoms with Gasteiger partial charge >= 0.3 is 0 Å². The molecule has 0 aliphatic heterocycles. The number of carbonyl (C=O) groups is 1. The van der Waals surface area contributed by atoms with Gasteiger partial charge in [-0.15, -0.1) is 23.2 Å². The number of benzene rings is 2. The van der Waals surface area contributed by atoms with E-state index in [0.717, 1.165) is 36.4 Å². The van der Waals surface area contributed by atoms with E-state index in [4.69, 9.17) is 27.8 Å². The largest absolute Gasteiger partial charge is 0.369 e. The lowest BCUT2D eigenvalue weighted by Crippen LogP contribution is -2.33. The number of pyridine rings is 1. The number of nitrogens with zero attached hydrogens (tertiary/aromatic N) is 2. The summed E-state index contributed by atoms with van der Waals surface area (Å²) in [5.41, 5.74) is 4.02. The van der Waals surface area contributed by atoms with Gasteiger partial charge in [-0.2, -0.15) is 8.42 Å². The number of alkyl halides is 2. The second-order valence-corrected chi connectivity index (χ2v) is 9.81. The van der Waals surface area contributed by atoms with Crippen molar-refractivity contribution in [1.82, 2.24) is 0 Å². The number of hydrogen-bond donors (Lipinski definition) is 1. The molecule has 1 N–H and O–H groups in total. The molecule has 9 heteroatoms.